The summed E-state index contributed by atoms with van der Waals surface area (Å²) in [5.74, 6) is -1.39. The van der Waals surface area contributed by atoms with Crippen molar-refractivity contribution in [1.29, 1.82) is 0 Å². The van der Waals surface area contributed by atoms with Crippen LogP contribution in [0.1, 0.15) is 46.7 Å². The van der Waals surface area contributed by atoms with Crippen LogP contribution in [-0.2, 0) is 17.9 Å². The minimum absolute atomic E-state index is 0.0215. The van der Waals surface area contributed by atoms with Crippen molar-refractivity contribution >= 4 is 17.5 Å². The first-order chi connectivity index (χ1) is 15.1. The summed E-state index contributed by atoms with van der Waals surface area (Å²) in [5.41, 5.74) is 0.657. The lowest BCUT2D eigenvalue weighted by Crippen LogP contribution is -2.24. The Morgan fingerprint density at radius 3 is 2.59 bits per heavy atom. The highest BCUT2D eigenvalue weighted by Crippen LogP contribution is 2.21. The molecule has 0 saturated carbocycles. The molecule has 3 heterocycles. The summed E-state index contributed by atoms with van der Waals surface area (Å²) >= 11 is 0. The zero-order valence-corrected chi connectivity index (χ0v) is 16.4. The summed E-state index contributed by atoms with van der Waals surface area (Å²) in [6, 6.07) is 5.31. The van der Waals surface area contributed by atoms with E-state index in [0.717, 1.165) is 6.07 Å². The van der Waals surface area contributed by atoms with Gasteiger partial charge in [0.2, 0.25) is 5.91 Å². The molecule has 0 aliphatic rings. The molecule has 0 aromatic carbocycles. The van der Waals surface area contributed by atoms with Crippen LogP contribution < -0.4 is 10.6 Å². The first kappa shape index (κ1) is 23.0. The molecule has 0 atom stereocenters. The van der Waals surface area contributed by atoms with Gasteiger partial charge in [0.15, 0.2) is 5.65 Å². The van der Waals surface area contributed by atoms with Gasteiger partial charge in [0, 0.05) is 13.0 Å². The number of fused-ring (bicyclic) bond motifs is 1. The molecule has 13 heteroatoms. The van der Waals surface area contributed by atoms with Gasteiger partial charge in [0.05, 0.1) is 31.1 Å². The van der Waals surface area contributed by atoms with Crippen LogP contribution in [0.2, 0.25) is 0 Å². The summed E-state index contributed by atoms with van der Waals surface area (Å²) in [7, 11) is 0. The quantitative estimate of drug-likeness (QED) is 0.508. The molecule has 2 N–H and O–H groups in total. The molecule has 0 radical (unpaired) electrons. The fraction of sp³-hybridized carbons (Fsp3) is 0.316. The molecule has 3 aromatic rings. The summed E-state index contributed by atoms with van der Waals surface area (Å²) in [6.45, 7) is -0.0441. The van der Waals surface area contributed by atoms with Crippen molar-refractivity contribution in [1.82, 2.24) is 30.2 Å². The van der Waals surface area contributed by atoms with Gasteiger partial charge in [0.1, 0.15) is 11.4 Å². The average molecular weight is 456 g/mol. The monoisotopic (exact) mass is 456 g/mol. The number of hydrogen-bond acceptors (Lipinski definition) is 5. The molecule has 0 bridgehead atoms. The highest BCUT2D eigenvalue weighted by Gasteiger charge is 2.27. The third kappa shape index (κ3) is 6.43. The van der Waals surface area contributed by atoms with E-state index < -0.39 is 43.0 Å². The van der Waals surface area contributed by atoms with Crippen molar-refractivity contribution in [3.05, 3.63) is 59.3 Å². The molecule has 0 aliphatic carbocycles. The standard InChI is InChI=1S/C19H17F5N6O2/c20-17(21)13-2-1-3-14(29-13)18(32)26-9-12-10-30-15(28-12)6-11(8-27-30)7-25-16(31)4-5-19(22,23)24/h1-3,6,8,10,17H,4-5,7,9H2,(H,25,31)(H,26,32). The van der Waals surface area contributed by atoms with Crippen molar-refractivity contribution in [2.75, 3.05) is 0 Å². The number of pyridine rings is 1. The van der Waals surface area contributed by atoms with Gasteiger partial charge in [-0.05, 0) is 23.8 Å². The first-order valence-corrected chi connectivity index (χ1v) is 9.30. The molecular weight excluding hydrogens is 439 g/mol. The molecule has 0 aliphatic heterocycles. The molecule has 0 spiro atoms. The summed E-state index contributed by atoms with van der Waals surface area (Å²) in [4.78, 5) is 31.5. The maximum absolute atomic E-state index is 12.7. The zero-order valence-electron chi connectivity index (χ0n) is 16.4. The van der Waals surface area contributed by atoms with Gasteiger partial charge in [-0.2, -0.15) is 18.3 Å². The van der Waals surface area contributed by atoms with Gasteiger partial charge in [-0.3, -0.25) is 9.59 Å². The summed E-state index contributed by atoms with van der Waals surface area (Å²) in [5, 5.41) is 9.00. The van der Waals surface area contributed by atoms with E-state index in [1.54, 1.807) is 6.07 Å². The van der Waals surface area contributed by atoms with Crippen molar-refractivity contribution in [3.8, 4) is 0 Å². The highest BCUT2D eigenvalue weighted by atomic mass is 19.4. The Hall–Kier alpha value is -3.64. The van der Waals surface area contributed by atoms with Gasteiger partial charge in [-0.1, -0.05) is 6.07 Å². The fourth-order valence-corrected chi connectivity index (χ4v) is 2.65. The summed E-state index contributed by atoms with van der Waals surface area (Å²) < 4.78 is 63.3. The van der Waals surface area contributed by atoms with Gasteiger partial charge in [-0.15, -0.1) is 0 Å². The Morgan fingerprint density at radius 1 is 1.09 bits per heavy atom. The van der Waals surface area contributed by atoms with Crippen molar-refractivity contribution in [3.63, 3.8) is 0 Å². The Balaban J connectivity index is 1.57. The number of imidazole rings is 1. The van der Waals surface area contributed by atoms with E-state index in [4.69, 9.17) is 0 Å². The smallest absolute Gasteiger partial charge is 0.352 e. The number of rotatable bonds is 8. The van der Waals surface area contributed by atoms with Crippen molar-refractivity contribution in [2.24, 2.45) is 0 Å². The molecule has 32 heavy (non-hydrogen) atoms. The minimum Gasteiger partial charge on any atom is -0.352 e. The maximum Gasteiger partial charge on any atom is 0.389 e. The Labute approximate surface area is 177 Å². The molecule has 0 unspecified atom stereocenters. The largest absolute Gasteiger partial charge is 0.389 e. The average Bonchev–Trinajstić information content (AvgIpc) is 3.16. The van der Waals surface area contributed by atoms with E-state index in [2.05, 4.69) is 25.7 Å². The van der Waals surface area contributed by atoms with Crippen LogP contribution in [-0.4, -0.2) is 37.6 Å². The lowest BCUT2D eigenvalue weighted by Gasteiger charge is -2.07. The number of carbonyl (C=O) groups excluding carboxylic acids is 2. The topological polar surface area (TPSA) is 101 Å². The van der Waals surface area contributed by atoms with E-state index >= 15 is 0 Å². The van der Waals surface area contributed by atoms with E-state index in [1.807, 2.05) is 0 Å². The van der Waals surface area contributed by atoms with E-state index in [-0.39, 0.29) is 18.8 Å². The SMILES string of the molecule is O=C(CCC(F)(F)F)NCc1cnn2cc(CNC(=O)c3cccc(C(F)F)n3)nc2c1. The Bertz CT molecular complexity index is 1120. The fourth-order valence-electron chi connectivity index (χ4n) is 2.65. The zero-order chi connectivity index (χ0) is 23.3. The number of nitrogens with zero attached hydrogens (tertiary/aromatic N) is 4. The number of amides is 2. The normalized spacial score (nSPS) is 11.7. The number of alkyl halides is 5. The predicted octanol–water partition coefficient (Wildman–Crippen LogP) is 2.95. The lowest BCUT2D eigenvalue weighted by molar-refractivity contribution is -0.144. The van der Waals surface area contributed by atoms with Crippen LogP contribution in [0.3, 0.4) is 0 Å². The van der Waals surface area contributed by atoms with Crippen LogP contribution in [0.15, 0.2) is 36.7 Å². The second-order valence-electron chi connectivity index (χ2n) is 6.72. The van der Waals surface area contributed by atoms with Crippen LogP contribution >= 0.6 is 0 Å². The molecule has 0 saturated heterocycles. The molecule has 3 aromatic heterocycles. The minimum atomic E-state index is -4.40. The van der Waals surface area contributed by atoms with E-state index in [0.29, 0.717) is 16.9 Å². The van der Waals surface area contributed by atoms with Crippen LogP contribution in [0.5, 0.6) is 0 Å². The van der Waals surface area contributed by atoms with Gasteiger partial charge in [-0.25, -0.2) is 23.3 Å². The Morgan fingerprint density at radius 2 is 1.88 bits per heavy atom. The number of aromatic nitrogens is 4. The van der Waals surface area contributed by atoms with E-state index in [9.17, 15) is 31.5 Å². The van der Waals surface area contributed by atoms with Crippen LogP contribution in [0, 0.1) is 0 Å². The molecule has 0 fully saturated rings. The molecule has 170 valence electrons. The predicted molar refractivity (Wildman–Crippen MR) is 100 cm³/mol. The third-order valence-corrected chi connectivity index (χ3v) is 4.21. The lowest BCUT2D eigenvalue weighted by atomic mass is 10.2. The number of carbonyl (C=O) groups is 2. The number of halogens is 5. The number of hydrogen-bond donors (Lipinski definition) is 2. The molecule has 8 nitrogen and oxygen atoms in total. The Kier molecular flexibility index (Phi) is 6.95. The van der Waals surface area contributed by atoms with Crippen LogP contribution in [0.25, 0.3) is 5.65 Å². The second-order valence-corrected chi connectivity index (χ2v) is 6.72. The summed E-state index contributed by atoms with van der Waals surface area (Å²) in [6.07, 6.45) is -6.11. The second kappa shape index (κ2) is 9.66. The third-order valence-electron chi connectivity index (χ3n) is 4.21. The molecular formula is C19H17F5N6O2. The molecule has 2 amide bonds. The van der Waals surface area contributed by atoms with Gasteiger partial charge in [0.25, 0.3) is 12.3 Å². The molecule has 3 rings (SSSR count). The van der Waals surface area contributed by atoms with Gasteiger partial charge >= 0.3 is 6.18 Å². The maximum atomic E-state index is 12.7. The highest BCUT2D eigenvalue weighted by molar-refractivity contribution is 5.92. The van der Waals surface area contributed by atoms with Crippen molar-refractivity contribution < 1.29 is 31.5 Å². The van der Waals surface area contributed by atoms with Gasteiger partial charge < -0.3 is 10.6 Å². The number of nitrogens with one attached hydrogen (secondary N) is 2. The van der Waals surface area contributed by atoms with E-state index in [1.165, 1.54) is 29.0 Å². The van der Waals surface area contributed by atoms with Crippen molar-refractivity contribution in [2.45, 2.75) is 38.5 Å². The first-order valence-electron chi connectivity index (χ1n) is 9.30. The van der Waals surface area contributed by atoms with Crippen LogP contribution in [0.4, 0.5) is 22.0 Å².